The van der Waals surface area contributed by atoms with E-state index in [0.717, 1.165) is 10.9 Å². The summed E-state index contributed by atoms with van der Waals surface area (Å²) in [4.78, 5) is 12.1. The summed E-state index contributed by atoms with van der Waals surface area (Å²) >= 11 is 17.3. The van der Waals surface area contributed by atoms with Crippen molar-refractivity contribution in [3.05, 3.63) is 73.3 Å². The third-order valence-corrected chi connectivity index (χ3v) is 4.28. The first kappa shape index (κ1) is 14.3. The van der Waals surface area contributed by atoms with E-state index in [4.69, 9.17) is 39.8 Å². The molecule has 0 bridgehead atoms. The van der Waals surface area contributed by atoms with E-state index in [9.17, 15) is 4.79 Å². The van der Waals surface area contributed by atoms with Gasteiger partial charge in [-0.2, -0.15) is 0 Å². The molecule has 2 aromatic carbocycles. The van der Waals surface area contributed by atoms with Crippen molar-refractivity contribution in [2.45, 2.75) is 6.54 Å². The molecule has 0 amide bonds. The number of benzene rings is 2. The molecule has 0 saturated carbocycles. The maximum absolute atomic E-state index is 12.1. The molecule has 1 aromatic heterocycles. The largest absolute Gasteiger partial charge is 0.420 e. The van der Waals surface area contributed by atoms with Gasteiger partial charge in [0.25, 0.3) is 0 Å². The van der Waals surface area contributed by atoms with Gasteiger partial charge in [-0.1, -0.05) is 53.6 Å². The van der Waals surface area contributed by atoms with Crippen molar-refractivity contribution >= 4 is 46.4 Å². The lowest BCUT2D eigenvalue weighted by Gasteiger charge is -2.08. The van der Waals surface area contributed by atoms with Gasteiger partial charge in [-0.3, -0.25) is 4.57 Å². The van der Waals surface area contributed by atoms with Crippen LogP contribution in [0.25, 0.3) is 11.0 Å². The van der Waals surface area contributed by atoms with Crippen molar-refractivity contribution in [2.75, 3.05) is 0 Å². The number of rotatable bonds is 2. The number of hydrogen-bond donors (Lipinski definition) is 0. The number of halogens is 2. The lowest BCUT2D eigenvalue weighted by Crippen LogP contribution is -2.20. The maximum Gasteiger partial charge on any atom is 0.420 e. The van der Waals surface area contributed by atoms with Gasteiger partial charge in [0, 0.05) is 0 Å². The second-order valence-electron chi connectivity index (χ2n) is 4.50. The summed E-state index contributed by atoms with van der Waals surface area (Å²) in [5.74, 6) is -0.496. The van der Waals surface area contributed by atoms with Gasteiger partial charge in [0.15, 0.2) is 0 Å². The molecule has 106 valence electrons. The zero-order valence-corrected chi connectivity index (χ0v) is 13.0. The van der Waals surface area contributed by atoms with Gasteiger partial charge < -0.3 is 4.42 Å². The highest BCUT2D eigenvalue weighted by Gasteiger charge is 2.08. The first-order chi connectivity index (χ1) is 10.1. The van der Waals surface area contributed by atoms with Crippen LogP contribution in [0.15, 0.2) is 51.7 Å². The molecule has 0 saturated heterocycles. The fourth-order valence-corrected chi connectivity index (χ4v) is 2.70. The molecule has 0 aliphatic rings. The second kappa shape index (κ2) is 5.64. The average molecular weight is 338 g/mol. The molecule has 0 spiro atoms. The Kier molecular flexibility index (Phi) is 3.85. The smallest absolute Gasteiger partial charge is 0.409 e. The molecule has 0 atom stereocenters. The van der Waals surface area contributed by atoms with E-state index >= 15 is 0 Å². The van der Waals surface area contributed by atoms with Crippen LogP contribution in [0.1, 0.15) is 5.56 Å². The number of fused-ring (bicyclic) bond motifs is 1. The summed E-state index contributed by atoms with van der Waals surface area (Å²) in [6, 6.07) is 12.4. The van der Waals surface area contributed by atoms with Crippen LogP contribution in [0.4, 0.5) is 0 Å². The minimum Gasteiger partial charge on any atom is -0.409 e. The highest BCUT2D eigenvalue weighted by atomic mass is 35.5. The molecule has 0 radical (unpaired) electrons. The van der Waals surface area contributed by atoms with E-state index in [2.05, 4.69) is 0 Å². The molecular formula is C15H9Cl2NO2S. The van der Waals surface area contributed by atoms with Crippen LogP contribution in [0.3, 0.4) is 0 Å². The highest BCUT2D eigenvalue weighted by Crippen LogP contribution is 2.23. The standard InChI is InChI=1S/C15H9Cl2NO2S/c16-11-6-5-9(7-12(11)17)8-18-14(21)10-3-1-2-4-13(10)20-15(18)19/h1-7H,8H2. The lowest BCUT2D eigenvalue weighted by molar-refractivity contribution is 0.475. The van der Waals surface area contributed by atoms with Gasteiger partial charge in [0.2, 0.25) is 0 Å². The van der Waals surface area contributed by atoms with E-state index in [0.29, 0.717) is 20.3 Å². The van der Waals surface area contributed by atoms with E-state index in [-0.39, 0.29) is 6.54 Å². The first-order valence-electron chi connectivity index (χ1n) is 6.13. The van der Waals surface area contributed by atoms with Gasteiger partial charge >= 0.3 is 5.76 Å². The molecular weight excluding hydrogens is 329 g/mol. The van der Waals surface area contributed by atoms with Crippen molar-refractivity contribution < 1.29 is 4.42 Å². The Labute approximate surface area is 135 Å². The Morgan fingerprint density at radius 1 is 1.10 bits per heavy atom. The summed E-state index contributed by atoms with van der Waals surface area (Å²) in [5.41, 5.74) is 1.31. The van der Waals surface area contributed by atoms with Crippen molar-refractivity contribution in [3.63, 3.8) is 0 Å². The van der Waals surface area contributed by atoms with Gasteiger partial charge in [-0.05, 0) is 29.8 Å². The first-order valence-corrected chi connectivity index (χ1v) is 7.29. The van der Waals surface area contributed by atoms with Crippen LogP contribution in [0.2, 0.25) is 10.0 Å². The minimum atomic E-state index is -0.496. The third kappa shape index (κ3) is 2.75. The van der Waals surface area contributed by atoms with Crippen molar-refractivity contribution in [3.8, 4) is 0 Å². The van der Waals surface area contributed by atoms with Crippen LogP contribution in [-0.2, 0) is 6.54 Å². The molecule has 0 fully saturated rings. The predicted octanol–water partition coefficient (Wildman–Crippen LogP) is 4.68. The highest BCUT2D eigenvalue weighted by molar-refractivity contribution is 7.71. The topological polar surface area (TPSA) is 35.1 Å². The van der Waals surface area contributed by atoms with E-state index in [1.165, 1.54) is 4.57 Å². The number of aromatic nitrogens is 1. The van der Waals surface area contributed by atoms with Gasteiger partial charge in [0.1, 0.15) is 10.2 Å². The van der Waals surface area contributed by atoms with Gasteiger partial charge in [0.05, 0.1) is 22.0 Å². The molecule has 0 unspecified atom stereocenters. The molecule has 1 heterocycles. The van der Waals surface area contributed by atoms with Gasteiger partial charge in [-0.15, -0.1) is 0 Å². The van der Waals surface area contributed by atoms with E-state index in [1.807, 2.05) is 12.1 Å². The zero-order valence-electron chi connectivity index (χ0n) is 10.7. The maximum atomic E-state index is 12.1. The summed E-state index contributed by atoms with van der Waals surface area (Å²) < 4.78 is 7.12. The number of nitrogens with zero attached hydrogens (tertiary/aromatic N) is 1. The Balaban J connectivity index is 2.14. The fourth-order valence-electron chi connectivity index (χ4n) is 2.07. The number of hydrogen-bond acceptors (Lipinski definition) is 3. The monoisotopic (exact) mass is 337 g/mol. The SMILES string of the molecule is O=c1oc2ccccc2c(=S)n1Cc1ccc(Cl)c(Cl)c1. The van der Waals surface area contributed by atoms with Crippen LogP contribution in [0.5, 0.6) is 0 Å². The lowest BCUT2D eigenvalue weighted by atomic mass is 10.2. The van der Waals surface area contributed by atoms with Crippen molar-refractivity contribution in [1.82, 2.24) is 4.57 Å². The molecule has 0 aliphatic heterocycles. The quantitative estimate of drug-likeness (QED) is 0.637. The minimum absolute atomic E-state index is 0.281. The normalized spacial score (nSPS) is 11.0. The van der Waals surface area contributed by atoms with E-state index < -0.39 is 5.76 Å². The summed E-state index contributed by atoms with van der Waals surface area (Å²) in [6.07, 6.45) is 0. The summed E-state index contributed by atoms with van der Waals surface area (Å²) in [5, 5.41) is 1.63. The van der Waals surface area contributed by atoms with Crippen molar-refractivity contribution in [1.29, 1.82) is 0 Å². The summed E-state index contributed by atoms with van der Waals surface area (Å²) in [7, 11) is 0. The summed E-state index contributed by atoms with van der Waals surface area (Å²) in [6.45, 7) is 0.281. The molecule has 0 N–H and O–H groups in total. The number of para-hydroxylation sites is 1. The molecule has 6 heteroatoms. The van der Waals surface area contributed by atoms with Crippen LogP contribution in [0, 0.1) is 4.64 Å². The Morgan fingerprint density at radius 2 is 1.86 bits per heavy atom. The van der Waals surface area contributed by atoms with Crippen LogP contribution >= 0.6 is 35.4 Å². The second-order valence-corrected chi connectivity index (χ2v) is 5.70. The fraction of sp³-hybridized carbons (Fsp3) is 0.0667. The third-order valence-electron chi connectivity index (χ3n) is 3.10. The van der Waals surface area contributed by atoms with E-state index in [1.54, 1.807) is 30.3 Å². The predicted molar refractivity (Wildman–Crippen MR) is 86.9 cm³/mol. The molecule has 21 heavy (non-hydrogen) atoms. The molecule has 0 aliphatic carbocycles. The molecule has 3 rings (SSSR count). The van der Waals surface area contributed by atoms with Crippen molar-refractivity contribution in [2.24, 2.45) is 0 Å². The Morgan fingerprint density at radius 3 is 2.62 bits per heavy atom. The molecule has 3 aromatic rings. The zero-order chi connectivity index (χ0) is 15.0. The van der Waals surface area contributed by atoms with Gasteiger partial charge in [-0.25, -0.2) is 4.79 Å². The molecule has 3 nitrogen and oxygen atoms in total. The Bertz CT molecular complexity index is 946. The van der Waals surface area contributed by atoms with Crippen LogP contribution in [-0.4, -0.2) is 4.57 Å². The Hall–Kier alpha value is -1.62. The average Bonchev–Trinajstić information content (AvgIpc) is 2.47. The van der Waals surface area contributed by atoms with Crippen LogP contribution < -0.4 is 5.76 Å².